The Balaban J connectivity index is 1.33. The van der Waals surface area contributed by atoms with Crippen LogP contribution in [0.1, 0.15) is 5.56 Å². The summed E-state index contributed by atoms with van der Waals surface area (Å²) in [5.41, 5.74) is 2.48. The van der Waals surface area contributed by atoms with Gasteiger partial charge in [0.25, 0.3) is 0 Å². The van der Waals surface area contributed by atoms with Gasteiger partial charge >= 0.3 is 0 Å². The minimum atomic E-state index is -0.0895. The second kappa shape index (κ2) is 6.39. The molecule has 0 bridgehead atoms. The summed E-state index contributed by atoms with van der Waals surface area (Å²) >= 11 is 0. The van der Waals surface area contributed by atoms with Gasteiger partial charge in [-0.3, -0.25) is 4.79 Å². The molecule has 3 heterocycles. The van der Waals surface area contributed by atoms with E-state index in [-0.39, 0.29) is 18.6 Å². The zero-order chi connectivity index (χ0) is 17.2. The van der Waals surface area contributed by atoms with Crippen molar-refractivity contribution in [2.45, 2.75) is 12.5 Å². The van der Waals surface area contributed by atoms with Crippen molar-refractivity contribution in [1.29, 1.82) is 0 Å². The molecule has 8 nitrogen and oxygen atoms in total. The monoisotopic (exact) mass is 338 g/mol. The minimum absolute atomic E-state index is 0.0231. The third kappa shape index (κ3) is 3.10. The molecule has 8 heteroatoms. The highest BCUT2D eigenvalue weighted by molar-refractivity contribution is 5.86. The number of nitrogens with one attached hydrogen (secondary N) is 2. The highest BCUT2D eigenvalue weighted by Gasteiger charge is 2.23. The van der Waals surface area contributed by atoms with Gasteiger partial charge in [0.05, 0.1) is 19.4 Å². The molecular formula is C17H18N6O2. The lowest BCUT2D eigenvalue weighted by Crippen LogP contribution is -2.40. The molecule has 0 unspecified atom stereocenters. The number of ether oxygens (including phenoxy) is 1. The quantitative estimate of drug-likeness (QED) is 0.718. The average molecular weight is 338 g/mol. The first-order chi connectivity index (χ1) is 12.2. The number of rotatable bonds is 5. The molecule has 3 aromatic rings. The molecule has 0 spiro atoms. The first-order valence-electron chi connectivity index (χ1n) is 8.07. The van der Waals surface area contributed by atoms with Gasteiger partial charge in [0.2, 0.25) is 5.91 Å². The van der Waals surface area contributed by atoms with E-state index in [4.69, 9.17) is 4.74 Å². The summed E-state index contributed by atoms with van der Waals surface area (Å²) in [6.45, 7) is 0.662. The van der Waals surface area contributed by atoms with E-state index in [9.17, 15) is 4.79 Å². The molecule has 1 aliphatic heterocycles. The highest BCUT2D eigenvalue weighted by atomic mass is 16.5. The summed E-state index contributed by atoms with van der Waals surface area (Å²) in [6, 6.07) is 7.95. The van der Waals surface area contributed by atoms with Gasteiger partial charge in [0, 0.05) is 13.5 Å². The average Bonchev–Trinajstić information content (AvgIpc) is 3.25. The zero-order valence-corrected chi connectivity index (χ0v) is 13.8. The van der Waals surface area contributed by atoms with E-state index in [1.807, 2.05) is 25.2 Å². The number of carbonyl (C=O) groups is 1. The third-order valence-electron chi connectivity index (χ3n) is 4.19. The third-order valence-corrected chi connectivity index (χ3v) is 4.19. The molecule has 25 heavy (non-hydrogen) atoms. The molecule has 0 fully saturated rings. The van der Waals surface area contributed by atoms with Crippen molar-refractivity contribution in [3.05, 3.63) is 42.5 Å². The van der Waals surface area contributed by atoms with Crippen LogP contribution in [0.2, 0.25) is 0 Å². The van der Waals surface area contributed by atoms with Gasteiger partial charge in [-0.1, -0.05) is 18.2 Å². The number of para-hydroxylation sites is 1. The van der Waals surface area contributed by atoms with Gasteiger partial charge in [-0.2, -0.15) is 0 Å². The number of aromatic amines is 1. The molecule has 0 radical (unpaired) electrons. The van der Waals surface area contributed by atoms with Gasteiger partial charge in [-0.15, -0.1) is 0 Å². The number of likely N-dealkylation sites (N-methyl/N-ethyl adjacent to an activating group) is 1. The Labute approximate surface area is 144 Å². The lowest BCUT2D eigenvalue weighted by atomic mass is 10.1. The number of aromatic nitrogens is 4. The van der Waals surface area contributed by atoms with Crippen molar-refractivity contribution < 1.29 is 9.53 Å². The molecule has 0 saturated carbocycles. The van der Waals surface area contributed by atoms with Gasteiger partial charge < -0.3 is 19.9 Å². The predicted molar refractivity (Wildman–Crippen MR) is 92.5 cm³/mol. The van der Waals surface area contributed by atoms with Crippen LogP contribution in [0, 0.1) is 0 Å². The molecular weight excluding hydrogens is 320 g/mol. The van der Waals surface area contributed by atoms with E-state index in [0.29, 0.717) is 23.5 Å². The summed E-state index contributed by atoms with van der Waals surface area (Å²) in [4.78, 5) is 29.4. The van der Waals surface area contributed by atoms with E-state index in [1.165, 1.54) is 11.9 Å². The molecule has 0 aliphatic carbocycles. The Kier molecular flexibility index (Phi) is 3.93. The smallest absolute Gasteiger partial charge is 0.239 e. The number of hydrogen-bond acceptors (Lipinski definition) is 6. The highest BCUT2D eigenvalue weighted by Crippen LogP contribution is 2.27. The molecule has 4 rings (SSSR count). The Bertz CT molecular complexity index is 884. The summed E-state index contributed by atoms with van der Waals surface area (Å²) in [5.74, 6) is 1.46. The number of carbonyl (C=O) groups excluding carboxylic acids is 1. The Morgan fingerprint density at radius 3 is 3.12 bits per heavy atom. The number of amides is 1. The standard InChI is InChI=1S/C17H18N6O2/c1-23(17-15-16(20-9-19-15)21-10-22-17)8-14(24)18-7-12-6-11-4-2-3-5-13(11)25-12/h2-5,9-10,12H,6-8H2,1H3,(H,18,24)(H,19,20,21,22)/t12-/m0/s1. The van der Waals surface area contributed by atoms with Crippen LogP contribution in [0.25, 0.3) is 11.2 Å². The fraction of sp³-hybridized carbons (Fsp3) is 0.294. The first-order valence-corrected chi connectivity index (χ1v) is 8.07. The number of fused-ring (bicyclic) bond motifs is 2. The van der Waals surface area contributed by atoms with Crippen molar-refractivity contribution >= 4 is 22.9 Å². The lowest BCUT2D eigenvalue weighted by molar-refractivity contribution is -0.120. The summed E-state index contributed by atoms with van der Waals surface area (Å²) in [5, 5.41) is 2.93. The summed E-state index contributed by atoms with van der Waals surface area (Å²) in [7, 11) is 1.81. The predicted octanol–water partition coefficient (Wildman–Crippen LogP) is 0.909. The molecule has 1 aromatic carbocycles. The number of benzene rings is 1. The molecule has 2 N–H and O–H groups in total. The number of H-pyrrole nitrogens is 1. The molecule has 0 saturated heterocycles. The van der Waals surface area contributed by atoms with E-state index < -0.39 is 0 Å². The van der Waals surface area contributed by atoms with Gasteiger partial charge in [-0.05, 0) is 11.6 Å². The zero-order valence-electron chi connectivity index (χ0n) is 13.8. The van der Waals surface area contributed by atoms with Crippen LogP contribution in [0.5, 0.6) is 5.75 Å². The van der Waals surface area contributed by atoms with Gasteiger partial charge in [0.1, 0.15) is 23.7 Å². The minimum Gasteiger partial charge on any atom is -0.488 e. The topological polar surface area (TPSA) is 96.0 Å². The maximum Gasteiger partial charge on any atom is 0.239 e. The number of hydrogen-bond donors (Lipinski definition) is 2. The molecule has 2 aromatic heterocycles. The van der Waals surface area contributed by atoms with E-state index in [2.05, 4.69) is 31.3 Å². The van der Waals surface area contributed by atoms with Crippen LogP contribution in [-0.4, -0.2) is 52.1 Å². The Morgan fingerprint density at radius 1 is 1.36 bits per heavy atom. The van der Waals surface area contributed by atoms with Gasteiger partial charge in [0.15, 0.2) is 11.5 Å². The van der Waals surface area contributed by atoms with Crippen molar-refractivity contribution in [3.8, 4) is 5.75 Å². The molecule has 128 valence electrons. The van der Waals surface area contributed by atoms with Crippen molar-refractivity contribution in [1.82, 2.24) is 25.3 Å². The SMILES string of the molecule is CN(CC(=O)NC[C@@H]1Cc2ccccc2O1)c1ncnc2nc[nH]c12. The lowest BCUT2D eigenvalue weighted by Gasteiger charge is -2.18. The van der Waals surface area contributed by atoms with Crippen LogP contribution in [0.3, 0.4) is 0 Å². The van der Waals surface area contributed by atoms with Crippen LogP contribution >= 0.6 is 0 Å². The molecule has 1 amide bonds. The number of imidazole rings is 1. The Morgan fingerprint density at radius 2 is 2.24 bits per heavy atom. The normalized spacial score (nSPS) is 15.6. The summed E-state index contributed by atoms with van der Waals surface area (Å²) in [6.07, 6.45) is 3.79. The van der Waals surface area contributed by atoms with Crippen molar-refractivity contribution in [3.63, 3.8) is 0 Å². The maximum absolute atomic E-state index is 12.3. The number of nitrogens with zero attached hydrogens (tertiary/aromatic N) is 4. The largest absolute Gasteiger partial charge is 0.488 e. The van der Waals surface area contributed by atoms with Crippen LogP contribution in [0.15, 0.2) is 36.9 Å². The Hall–Kier alpha value is -3.16. The fourth-order valence-electron chi connectivity index (χ4n) is 2.98. The fourth-order valence-corrected chi connectivity index (χ4v) is 2.98. The van der Waals surface area contributed by atoms with E-state index in [1.54, 1.807) is 11.2 Å². The second-order valence-electron chi connectivity index (χ2n) is 6.01. The van der Waals surface area contributed by atoms with Crippen molar-refractivity contribution in [2.24, 2.45) is 0 Å². The second-order valence-corrected chi connectivity index (χ2v) is 6.01. The summed E-state index contributed by atoms with van der Waals surface area (Å²) < 4.78 is 5.83. The van der Waals surface area contributed by atoms with E-state index >= 15 is 0 Å². The van der Waals surface area contributed by atoms with Crippen LogP contribution in [-0.2, 0) is 11.2 Å². The maximum atomic E-state index is 12.3. The first kappa shape index (κ1) is 15.4. The van der Waals surface area contributed by atoms with Gasteiger partial charge in [-0.25, -0.2) is 15.0 Å². The van der Waals surface area contributed by atoms with E-state index in [0.717, 1.165) is 12.2 Å². The molecule has 1 aliphatic rings. The van der Waals surface area contributed by atoms with Crippen LogP contribution in [0.4, 0.5) is 5.82 Å². The van der Waals surface area contributed by atoms with Crippen molar-refractivity contribution in [2.75, 3.05) is 25.0 Å². The number of anilines is 1. The molecule has 1 atom stereocenters. The van der Waals surface area contributed by atoms with Crippen LogP contribution < -0.4 is 15.0 Å².